The van der Waals surface area contributed by atoms with E-state index in [1.807, 2.05) is 5.32 Å². The topological polar surface area (TPSA) is 98.5 Å². The second-order valence-corrected chi connectivity index (χ2v) is 3.86. The quantitative estimate of drug-likeness (QED) is 0.679. The maximum atomic E-state index is 11.5. The summed E-state index contributed by atoms with van der Waals surface area (Å²) in [6.07, 6.45) is 4.82. The first-order chi connectivity index (χ1) is 7.59. The van der Waals surface area contributed by atoms with Gasteiger partial charge in [-0.1, -0.05) is 19.3 Å². The van der Waals surface area contributed by atoms with E-state index in [2.05, 4.69) is 0 Å². The fourth-order valence-electron chi connectivity index (χ4n) is 1.77. The molecule has 1 fully saturated rings. The Kier molecular flexibility index (Phi) is 4.75. The lowest BCUT2D eigenvalue weighted by Crippen LogP contribution is -2.38. The molecule has 3 N–H and O–H groups in total. The number of imide groups is 1. The molecule has 0 aromatic rings. The van der Waals surface area contributed by atoms with Gasteiger partial charge in [0.15, 0.2) is 6.61 Å². The van der Waals surface area contributed by atoms with Gasteiger partial charge in [-0.2, -0.15) is 0 Å². The van der Waals surface area contributed by atoms with Gasteiger partial charge in [0.05, 0.1) is 5.92 Å². The number of primary amides is 1. The van der Waals surface area contributed by atoms with Gasteiger partial charge in [0, 0.05) is 0 Å². The van der Waals surface area contributed by atoms with Crippen LogP contribution in [0, 0.1) is 5.92 Å². The van der Waals surface area contributed by atoms with Crippen LogP contribution in [-0.2, 0) is 14.3 Å². The zero-order chi connectivity index (χ0) is 12.0. The van der Waals surface area contributed by atoms with Gasteiger partial charge >= 0.3 is 12.0 Å². The van der Waals surface area contributed by atoms with Crippen LogP contribution >= 0.6 is 0 Å². The fourth-order valence-corrected chi connectivity index (χ4v) is 1.77. The first-order valence-electron chi connectivity index (χ1n) is 5.35. The molecule has 3 amide bonds. The second kappa shape index (κ2) is 6.09. The van der Waals surface area contributed by atoms with E-state index >= 15 is 0 Å². The number of hydrogen-bond donors (Lipinski definition) is 2. The number of carbonyl (C=O) groups excluding carboxylic acids is 3. The molecule has 0 radical (unpaired) electrons. The van der Waals surface area contributed by atoms with Crippen molar-refractivity contribution in [2.45, 2.75) is 32.1 Å². The van der Waals surface area contributed by atoms with Crippen LogP contribution in [0.1, 0.15) is 32.1 Å². The molecule has 90 valence electrons. The number of hydrogen-bond acceptors (Lipinski definition) is 4. The molecule has 0 aliphatic heterocycles. The molecule has 0 saturated heterocycles. The summed E-state index contributed by atoms with van der Waals surface area (Å²) in [4.78, 5) is 32.7. The van der Waals surface area contributed by atoms with Crippen LogP contribution in [0.3, 0.4) is 0 Å². The van der Waals surface area contributed by atoms with Crippen LogP contribution < -0.4 is 11.1 Å². The van der Waals surface area contributed by atoms with Gasteiger partial charge in [-0.05, 0) is 12.8 Å². The van der Waals surface area contributed by atoms with Crippen molar-refractivity contribution in [3.63, 3.8) is 0 Å². The van der Waals surface area contributed by atoms with Gasteiger partial charge in [-0.15, -0.1) is 0 Å². The highest BCUT2D eigenvalue weighted by atomic mass is 16.5. The van der Waals surface area contributed by atoms with Gasteiger partial charge in [0.1, 0.15) is 0 Å². The van der Waals surface area contributed by atoms with E-state index in [1.54, 1.807) is 0 Å². The molecule has 0 heterocycles. The lowest BCUT2D eigenvalue weighted by atomic mass is 9.89. The van der Waals surface area contributed by atoms with Crippen LogP contribution in [0.5, 0.6) is 0 Å². The van der Waals surface area contributed by atoms with E-state index in [4.69, 9.17) is 10.5 Å². The molecule has 0 bridgehead atoms. The van der Waals surface area contributed by atoms with E-state index in [1.165, 1.54) is 0 Å². The maximum Gasteiger partial charge on any atom is 0.318 e. The molecule has 1 aliphatic rings. The van der Waals surface area contributed by atoms with E-state index in [0.29, 0.717) is 0 Å². The minimum absolute atomic E-state index is 0.102. The van der Waals surface area contributed by atoms with Crippen molar-refractivity contribution >= 4 is 17.9 Å². The predicted octanol–water partition coefficient (Wildman–Crippen LogP) is 0.305. The van der Waals surface area contributed by atoms with Gasteiger partial charge in [0.25, 0.3) is 5.91 Å². The Morgan fingerprint density at radius 1 is 1.19 bits per heavy atom. The number of ether oxygens (including phenoxy) is 1. The molecule has 0 spiro atoms. The number of nitrogens with one attached hydrogen (secondary N) is 1. The predicted molar refractivity (Wildman–Crippen MR) is 55.3 cm³/mol. The Hall–Kier alpha value is -1.59. The average molecular weight is 228 g/mol. The Balaban J connectivity index is 2.23. The molecule has 0 unspecified atom stereocenters. The molecule has 6 heteroatoms. The van der Waals surface area contributed by atoms with Gasteiger partial charge in [-0.3, -0.25) is 14.9 Å². The van der Waals surface area contributed by atoms with Crippen LogP contribution in [0.15, 0.2) is 0 Å². The lowest BCUT2D eigenvalue weighted by Gasteiger charge is -2.19. The van der Waals surface area contributed by atoms with E-state index in [9.17, 15) is 14.4 Å². The van der Waals surface area contributed by atoms with Crippen LogP contribution in [0.2, 0.25) is 0 Å². The van der Waals surface area contributed by atoms with Crippen molar-refractivity contribution in [3.8, 4) is 0 Å². The minimum Gasteiger partial charge on any atom is -0.455 e. The maximum absolute atomic E-state index is 11.5. The van der Waals surface area contributed by atoms with Crippen molar-refractivity contribution in [1.82, 2.24) is 5.32 Å². The molecule has 1 aliphatic carbocycles. The fraction of sp³-hybridized carbons (Fsp3) is 0.700. The zero-order valence-corrected chi connectivity index (χ0v) is 9.03. The van der Waals surface area contributed by atoms with Gasteiger partial charge in [0.2, 0.25) is 0 Å². The van der Waals surface area contributed by atoms with Crippen LogP contribution in [-0.4, -0.2) is 24.5 Å². The Morgan fingerprint density at radius 2 is 1.81 bits per heavy atom. The standard InChI is InChI=1S/C10H16N2O4/c11-10(15)12-8(13)6-16-9(14)7-4-2-1-3-5-7/h7H,1-6H2,(H3,11,12,13,15). The zero-order valence-electron chi connectivity index (χ0n) is 9.03. The number of amides is 3. The number of esters is 1. The highest BCUT2D eigenvalue weighted by molar-refractivity contribution is 5.94. The summed E-state index contributed by atoms with van der Waals surface area (Å²) in [7, 11) is 0. The SMILES string of the molecule is NC(=O)NC(=O)COC(=O)C1CCCCC1. The summed E-state index contributed by atoms with van der Waals surface area (Å²) in [5.74, 6) is -1.16. The first kappa shape index (κ1) is 12.5. The molecule has 1 rings (SSSR count). The first-order valence-corrected chi connectivity index (χ1v) is 5.35. The second-order valence-electron chi connectivity index (χ2n) is 3.86. The summed E-state index contributed by atoms with van der Waals surface area (Å²) in [5.41, 5.74) is 4.73. The third kappa shape index (κ3) is 4.29. The number of rotatable bonds is 3. The lowest BCUT2D eigenvalue weighted by molar-refractivity contribution is -0.153. The number of carbonyl (C=O) groups is 3. The average Bonchev–Trinajstić information content (AvgIpc) is 2.26. The van der Waals surface area contributed by atoms with Gasteiger partial charge in [-0.25, -0.2) is 4.79 Å². The molecule has 16 heavy (non-hydrogen) atoms. The van der Waals surface area contributed by atoms with Crippen molar-refractivity contribution in [1.29, 1.82) is 0 Å². The molecule has 1 saturated carbocycles. The molecule has 0 aromatic heterocycles. The largest absolute Gasteiger partial charge is 0.455 e. The van der Waals surface area contributed by atoms with Crippen LogP contribution in [0.4, 0.5) is 4.79 Å². The third-order valence-corrected chi connectivity index (χ3v) is 2.55. The normalized spacial score (nSPS) is 16.5. The summed E-state index contributed by atoms with van der Waals surface area (Å²) in [5, 5.41) is 1.82. The van der Waals surface area contributed by atoms with E-state index in [-0.39, 0.29) is 11.9 Å². The van der Waals surface area contributed by atoms with Crippen LogP contribution in [0.25, 0.3) is 0 Å². The summed E-state index contributed by atoms with van der Waals surface area (Å²) < 4.78 is 4.79. The van der Waals surface area contributed by atoms with Gasteiger partial charge < -0.3 is 10.5 Å². The van der Waals surface area contributed by atoms with Crippen molar-refractivity contribution in [3.05, 3.63) is 0 Å². The molecule has 0 atom stereocenters. The monoisotopic (exact) mass is 228 g/mol. The molecular weight excluding hydrogens is 212 g/mol. The summed E-state index contributed by atoms with van der Waals surface area (Å²) in [6, 6.07) is -0.946. The highest BCUT2D eigenvalue weighted by Crippen LogP contribution is 2.24. The molecular formula is C10H16N2O4. The van der Waals surface area contributed by atoms with E-state index < -0.39 is 18.5 Å². The Bertz CT molecular complexity index is 285. The third-order valence-electron chi connectivity index (χ3n) is 2.55. The van der Waals surface area contributed by atoms with Crippen molar-refractivity contribution in [2.75, 3.05) is 6.61 Å². The Morgan fingerprint density at radius 3 is 2.38 bits per heavy atom. The van der Waals surface area contributed by atoms with Crippen molar-refractivity contribution < 1.29 is 19.1 Å². The van der Waals surface area contributed by atoms with Crippen molar-refractivity contribution in [2.24, 2.45) is 11.7 Å². The minimum atomic E-state index is -0.946. The number of nitrogens with two attached hydrogens (primary N) is 1. The summed E-state index contributed by atoms with van der Waals surface area (Å²) in [6.45, 7) is -0.446. The molecule has 6 nitrogen and oxygen atoms in total. The number of urea groups is 1. The molecule has 0 aromatic carbocycles. The highest BCUT2D eigenvalue weighted by Gasteiger charge is 2.23. The summed E-state index contributed by atoms with van der Waals surface area (Å²) >= 11 is 0. The Labute approximate surface area is 93.5 Å². The van der Waals surface area contributed by atoms with E-state index in [0.717, 1.165) is 32.1 Å². The smallest absolute Gasteiger partial charge is 0.318 e.